The molecule has 2 aliphatic heterocycles. The topological polar surface area (TPSA) is 58.2 Å². The third kappa shape index (κ3) is 3.56. The number of rotatable bonds is 3. The summed E-state index contributed by atoms with van der Waals surface area (Å²) in [6.07, 6.45) is 3.76. The Balaban J connectivity index is 0.00000161. The molecule has 2 atom stereocenters. The molecule has 2 aliphatic rings. The summed E-state index contributed by atoms with van der Waals surface area (Å²) in [7, 11) is -3.78. The fourth-order valence-corrected chi connectivity index (χ4v) is 4.68. The molecule has 0 aliphatic carbocycles. The van der Waals surface area contributed by atoms with Crippen LogP contribution in [-0.2, 0) is 10.0 Å². The Hall–Kier alpha value is -0.690. The summed E-state index contributed by atoms with van der Waals surface area (Å²) in [5, 5.41) is 3.46. The van der Waals surface area contributed by atoms with Crippen molar-refractivity contribution in [2.75, 3.05) is 0 Å². The molecule has 1 aromatic rings. The lowest BCUT2D eigenvalue weighted by molar-refractivity contribution is 0.345. The number of sulfonamides is 1. The minimum atomic E-state index is -3.78. The van der Waals surface area contributed by atoms with Gasteiger partial charge in [-0.2, -0.15) is 0 Å². The Morgan fingerprint density at radius 1 is 1.24 bits per heavy atom. The van der Waals surface area contributed by atoms with Crippen LogP contribution in [0.3, 0.4) is 0 Å². The minimum absolute atomic E-state index is 0. The van der Waals surface area contributed by atoms with Crippen molar-refractivity contribution in [1.29, 1.82) is 0 Å². The van der Waals surface area contributed by atoms with Gasteiger partial charge in [0.05, 0.1) is 0 Å². The highest BCUT2D eigenvalue weighted by atomic mass is 35.5. The van der Waals surface area contributed by atoms with Crippen molar-refractivity contribution in [3.05, 3.63) is 29.6 Å². The third-order valence-corrected chi connectivity index (χ3v) is 5.71. The van der Waals surface area contributed by atoms with E-state index in [9.17, 15) is 12.8 Å². The van der Waals surface area contributed by atoms with Crippen LogP contribution >= 0.6 is 12.4 Å². The van der Waals surface area contributed by atoms with E-state index in [-0.39, 0.29) is 23.3 Å². The number of fused-ring (bicyclic) bond motifs is 2. The molecule has 21 heavy (non-hydrogen) atoms. The van der Waals surface area contributed by atoms with Crippen LogP contribution in [0.5, 0.6) is 0 Å². The van der Waals surface area contributed by atoms with E-state index in [2.05, 4.69) is 10.0 Å². The molecule has 4 nitrogen and oxygen atoms in total. The van der Waals surface area contributed by atoms with E-state index in [0.29, 0.717) is 12.1 Å². The van der Waals surface area contributed by atoms with Gasteiger partial charge < -0.3 is 5.32 Å². The molecule has 0 saturated carbocycles. The van der Waals surface area contributed by atoms with Crippen LogP contribution in [0.15, 0.2) is 23.1 Å². The van der Waals surface area contributed by atoms with Gasteiger partial charge in [0.1, 0.15) is 10.7 Å². The molecule has 2 N–H and O–H groups in total. The van der Waals surface area contributed by atoms with E-state index in [1.165, 1.54) is 12.1 Å². The monoisotopic (exact) mass is 334 g/mol. The van der Waals surface area contributed by atoms with E-state index in [1.54, 1.807) is 13.0 Å². The molecule has 2 bridgehead atoms. The number of nitrogens with one attached hydrogen (secondary N) is 2. The zero-order valence-corrected chi connectivity index (χ0v) is 13.4. The molecule has 2 heterocycles. The standard InChI is InChI=1S/C14H19FN2O2S.ClH/c1-9-2-5-13(15)14(6-9)20(18,19)17-12-7-10-3-4-11(8-12)16-10;/h2,5-6,10-12,16-17H,3-4,7-8H2,1H3;1H. The molecular formula is C14H20ClFN2O2S. The Labute approximate surface area is 131 Å². The summed E-state index contributed by atoms with van der Waals surface area (Å²) in [6, 6.07) is 4.84. The van der Waals surface area contributed by atoms with Gasteiger partial charge in [0.25, 0.3) is 0 Å². The molecule has 2 saturated heterocycles. The molecule has 0 spiro atoms. The zero-order valence-electron chi connectivity index (χ0n) is 11.8. The Morgan fingerprint density at radius 3 is 2.48 bits per heavy atom. The van der Waals surface area contributed by atoms with Crippen molar-refractivity contribution in [1.82, 2.24) is 10.0 Å². The molecule has 2 unspecified atom stereocenters. The molecule has 118 valence electrons. The highest BCUT2D eigenvalue weighted by molar-refractivity contribution is 7.89. The lowest BCUT2D eigenvalue weighted by Gasteiger charge is -2.29. The maximum atomic E-state index is 13.8. The maximum Gasteiger partial charge on any atom is 0.243 e. The van der Waals surface area contributed by atoms with Crippen LogP contribution < -0.4 is 10.0 Å². The van der Waals surface area contributed by atoms with E-state index in [4.69, 9.17) is 0 Å². The van der Waals surface area contributed by atoms with Crippen LogP contribution in [0.25, 0.3) is 0 Å². The second-order valence-corrected chi connectivity index (χ2v) is 7.54. The summed E-state index contributed by atoms with van der Waals surface area (Å²) >= 11 is 0. The molecule has 2 fully saturated rings. The number of aryl methyl sites for hydroxylation is 1. The Morgan fingerprint density at radius 2 is 1.86 bits per heavy atom. The molecular weight excluding hydrogens is 315 g/mol. The molecule has 0 radical (unpaired) electrons. The lowest BCUT2D eigenvalue weighted by Crippen LogP contribution is -2.48. The summed E-state index contributed by atoms with van der Waals surface area (Å²) < 4.78 is 41.1. The normalized spacial score (nSPS) is 28.2. The van der Waals surface area contributed by atoms with Crippen molar-refractivity contribution >= 4 is 22.4 Å². The molecule has 3 rings (SSSR count). The SMILES string of the molecule is Cc1ccc(F)c(S(=O)(=O)NC2CC3CCC(C2)N3)c1.Cl. The van der Waals surface area contributed by atoms with E-state index >= 15 is 0 Å². The Bertz CT molecular complexity index is 611. The summed E-state index contributed by atoms with van der Waals surface area (Å²) in [5.74, 6) is -0.694. The first-order valence-corrected chi connectivity index (χ1v) is 8.47. The van der Waals surface area contributed by atoms with E-state index in [1.807, 2.05) is 0 Å². The first kappa shape index (κ1) is 16.7. The second kappa shape index (κ2) is 6.20. The van der Waals surface area contributed by atoms with Crippen LogP contribution in [0.2, 0.25) is 0 Å². The average molecular weight is 335 g/mol. The molecule has 7 heteroatoms. The van der Waals surface area contributed by atoms with Crippen LogP contribution in [0.1, 0.15) is 31.2 Å². The van der Waals surface area contributed by atoms with Crippen molar-refractivity contribution in [3.8, 4) is 0 Å². The van der Waals surface area contributed by atoms with Gasteiger partial charge in [-0.05, 0) is 50.3 Å². The summed E-state index contributed by atoms with van der Waals surface area (Å²) in [4.78, 5) is -0.247. The number of halogens is 2. The summed E-state index contributed by atoms with van der Waals surface area (Å²) in [6.45, 7) is 1.75. The zero-order chi connectivity index (χ0) is 14.3. The van der Waals surface area contributed by atoms with Crippen molar-refractivity contribution in [3.63, 3.8) is 0 Å². The van der Waals surface area contributed by atoms with Crippen LogP contribution in [0, 0.1) is 12.7 Å². The Kier molecular flexibility index (Phi) is 4.92. The number of hydrogen-bond acceptors (Lipinski definition) is 3. The number of piperidine rings is 1. The van der Waals surface area contributed by atoms with Crippen molar-refractivity contribution in [2.45, 2.75) is 55.6 Å². The predicted octanol–water partition coefficient (Wildman–Crippen LogP) is 2.12. The van der Waals surface area contributed by atoms with Gasteiger partial charge in [-0.3, -0.25) is 0 Å². The number of hydrogen-bond donors (Lipinski definition) is 2. The highest BCUT2D eigenvalue weighted by Gasteiger charge is 2.35. The maximum absolute atomic E-state index is 13.8. The third-order valence-electron chi connectivity index (χ3n) is 4.17. The van der Waals surface area contributed by atoms with Gasteiger partial charge >= 0.3 is 0 Å². The van der Waals surface area contributed by atoms with E-state index < -0.39 is 15.8 Å². The first-order chi connectivity index (χ1) is 9.44. The van der Waals surface area contributed by atoms with Crippen molar-refractivity contribution < 1.29 is 12.8 Å². The second-order valence-electron chi connectivity index (χ2n) is 5.86. The van der Waals surface area contributed by atoms with Crippen LogP contribution in [0.4, 0.5) is 4.39 Å². The number of benzene rings is 1. The van der Waals surface area contributed by atoms with Gasteiger partial charge in [-0.25, -0.2) is 17.5 Å². The minimum Gasteiger partial charge on any atom is -0.311 e. The smallest absolute Gasteiger partial charge is 0.243 e. The van der Waals surface area contributed by atoms with Crippen molar-refractivity contribution in [2.24, 2.45) is 0 Å². The average Bonchev–Trinajstić information content (AvgIpc) is 2.71. The molecule has 0 aromatic heterocycles. The first-order valence-electron chi connectivity index (χ1n) is 6.98. The largest absolute Gasteiger partial charge is 0.311 e. The molecule has 1 aromatic carbocycles. The summed E-state index contributed by atoms with van der Waals surface area (Å²) in [5.41, 5.74) is 0.733. The van der Waals surface area contributed by atoms with Gasteiger partial charge in [0.15, 0.2) is 0 Å². The van der Waals surface area contributed by atoms with Gasteiger partial charge in [-0.15, -0.1) is 12.4 Å². The fraction of sp³-hybridized carbons (Fsp3) is 0.571. The molecule has 0 amide bonds. The quantitative estimate of drug-likeness (QED) is 0.890. The van der Waals surface area contributed by atoms with Crippen LogP contribution in [-0.4, -0.2) is 26.5 Å². The van der Waals surface area contributed by atoms with Gasteiger partial charge in [0.2, 0.25) is 10.0 Å². The highest BCUT2D eigenvalue weighted by Crippen LogP contribution is 2.28. The van der Waals surface area contributed by atoms with Gasteiger partial charge in [-0.1, -0.05) is 6.07 Å². The lowest BCUT2D eigenvalue weighted by atomic mass is 10.0. The predicted molar refractivity (Wildman–Crippen MR) is 81.7 cm³/mol. The fourth-order valence-electron chi connectivity index (χ4n) is 3.25. The van der Waals surface area contributed by atoms with Gasteiger partial charge in [0, 0.05) is 18.1 Å². The van der Waals surface area contributed by atoms with E-state index in [0.717, 1.165) is 31.2 Å².